The molecule has 4 heteroatoms. The SMILES string of the molecule is Cl.Fc1ccc(NCc2cccs2)cc1. The molecule has 1 heterocycles. The van der Waals surface area contributed by atoms with Gasteiger partial charge < -0.3 is 5.32 Å². The van der Waals surface area contributed by atoms with Gasteiger partial charge in [0.15, 0.2) is 0 Å². The van der Waals surface area contributed by atoms with Crippen LogP contribution >= 0.6 is 23.7 Å². The van der Waals surface area contributed by atoms with Crippen molar-refractivity contribution in [2.24, 2.45) is 0 Å². The smallest absolute Gasteiger partial charge is 0.123 e. The molecule has 2 aromatic rings. The first kappa shape index (κ1) is 12.0. The minimum Gasteiger partial charge on any atom is -0.380 e. The van der Waals surface area contributed by atoms with E-state index >= 15 is 0 Å². The van der Waals surface area contributed by atoms with Crippen LogP contribution in [-0.2, 0) is 6.54 Å². The fraction of sp³-hybridized carbons (Fsp3) is 0.0909. The van der Waals surface area contributed by atoms with Crippen LogP contribution in [0.5, 0.6) is 0 Å². The van der Waals surface area contributed by atoms with E-state index in [1.807, 2.05) is 11.4 Å². The summed E-state index contributed by atoms with van der Waals surface area (Å²) in [4.78, 5) is 1.27. The Morgan fingerprint density at radius 1 is 1.13 bits per heavy atom. The molecule has 0 unspecified atom stereocenters. The fourth-order valence-electron chi connectivity index (χ4n) is 1.17. The minimum absolute atomic E-state index is 0. The number of nitrogens with one attached hydrogen (secondary N) is 1. The number of anilines is 1. The summed E-state index contributed by atoms with van der Waals surface area (Å²) in [5.41, 5.74) is 0.944. The fourth-order valence-corrected chi connectivity index (χ4v) is 1.81. The summed E-state index contributed by atoms with van der Waals surface area (Å²) in [7, 11) is 0. The van der Waals surface area contributed by atoms with Gasteiger partial charge >= 0.3 is 0 Å². The maximum atomic E-state index is 12.6. The molecular formula is C11H11ClFNS. The summed E-state index contributed by atoms with van der Waals surface area (Å²) in [6.45, 7) is 0.795. The van der Waals surface area contributed by atoms with Gasteiger partial charge in [-0.1, -0.05) is 6.07 Å². The molecule has 0 spiro atoms. The summed E-state index contributed by atoms with van der Waals surface area (Å²) >= 11 is 1.71. The summed E-state index contributed by atoms with van der Waals surface area (Å²) < 4.78 is 12.6. The van der Waals surface area contributed by atoms with Crippen LogP contribution in [-0.4, -0.2) is 0 Å². The number of hydrogen-bond donors (Lipinski definition) is 1. The second kappa shape index (κ2) is 5.73. The molecule has 2 rings (SSSR count). The zero-order valence-electron chi connectivity index (χ0n) is 7.94. The second-order valence-electron chi connectivity index (χ2n) is 2.94. The summed E-state index contributed by atoms with van der Waals surface area (Å²) in [6.07, 6.45) is 0. The third-order valence-electron chi connectivity index (χ3n) is 1.89. The minimum atomic E-state index is -0.202. The highest BCUT2D eigenvalue weighted by molar-refractivity contribution is 7.09. The molecule has 0 aliphatic carbocycles. The topological polar surface area (TPSA) is 12.0 Å². The Bertz CT molecular complexity index is 385. The largest absolute Gasteiger partial charge is 0.380 e. The van der Waals surface area contributed by atoms with Crippen molar-refractivity contribution in [1.82, 2.24) is 0 Å². The molecule has 0 fully saturated rings. The lowest BCUT2D eigenvalue weighted by Crippen LogP contribution is -1.96. The molecule has 0 amide bonds. The van der Waals surface area contributed by atoms with Crippen molar-refractivity contribution in [1.29, 1.82) is 0 Å². The normalized spacial score (nSPS) is 9.40. The first-order valence-electron chi connectivity index (χ1n) is 4.36. The molecule has 0 aliphatic rings. The van der Waals surface area contributed by atoms with E-state index in [1.165, 1.54) is 17.0 Å². The van der Waals surface area contributed by atoms with Gasteiger partial charge in [0, 0.05) is 17.1 Å². The lowest BCUT2D eigenvalue weighted by atomic mass is 10.3. The third kappa shape index (κ3) is 3.53. The van der Waals surface area contributed by atoms with E-state index in [4.69, 9.17) is 0 Å². The van der Waals surface area contributed by atoms with E-state index in [2.05, 4.69) is 11.4 Å². The van der Waals surface area contributed by atoms with Crippen molar-refractivity contribution in [3.05, 3.63) is 52.5 Å². The molecule has 0 saturated heterocycles. The van der Waals surface area contributed by atoms with Crippen molar-refractivity contribution in [3.8, 4) is 0 Å². The van der Waals surface area contributed by atoms with Crippen LogP contribution in [0.3, 0.4) is 0 Å². The number of rotatable bonds is 3. The Morgan fingerprint density at radius 2 is 1.87 bits per heavy atom. The molecule has 1 nitrogen and oxygen atoms in total. The number of hydrogen-bond acceptors (Lipinski definition) is 2. The molecule has 0 aliphatic heterocycles. The Hall–Kier alpha value is -1.06. The molecule has 0 radical (unpaired) electrons. The van der Waals surface area contributed by atoms with Gasteiger partial charge in [-0.15, -0.1) is 23.7 Å². The van der Waals surface area contributed by atoms with Crippen LogP contribution in [0.1, 0.15) is 4.88 Å². The zero-order valence-corrected chi connectivity index (χ0v) is 9.58. The van der Waals surface area contributed by atoms with Crippen LogP contribution in [0.4, 0.5) is 10.1 Å². The van der Waals surface area contributed by atoms with Crippen LogP contribution in [0.25, 0.3) is 0 Å². The highest BCUT2D eigenvalue weighted by Crippen LogP contribution is 2.13. The van der Waals surface area contributed by atoms with Gasteiger partial charge in [-0.25, -0.2) is 4.39 Å². The highest BCUT2D eigenvalue weighted by atomic mass is 35.5. The highest BCUT2D eigenvalue weighted by Gasteiger charge is 1.94. The molecule has 0 atom stereocenters. The van der Waals surface area contributed by atoms with Crippen molar-refractivity contribution in [2.45, 2.75) is 6.54 Å². The van der Waals surface area contributed by atoms with E-state index < -0.39 is 0 Å². The maximum Gasteiger partial charge on any atom is 0.123 e. The number of halogens is 2. The molecule has 80 valence electrons. The van der Waals surface area contributed by atoms with Crippen LogP contribution in [0.2, 0.25) is 0 Å². The first-order valence-corrected chi connectivity index (χ1v) is 5.24. The van der Waals surface area contributed by atoms with E-state index in [9.17, 15) is 4.39 Å². The summed E-state index contributed by atoms with van der Waals surface area (Å²) in [5, 5.41) is 5.26. The Morgan fingerprint density at radius 3 is 2.47 bits per heavy atom. The van der Waals surface area contributed by atoms with Crippen molar-refractivity contribution in [2.75, 3.05) is 5.32 Å². The lowest BCUT2D eigenvalue weighted by Gasteiger charge is -2.03. The molecule has 1 N–H and O–H groups in total. The van der Waals surface area contributed by atoms with Crippen LogP contribution in [0.15, 0.2) is 41.8 Å². The van der Waals surface area contributed by atoms with E-state index in [1.54, 1.807) is 23.5 Å². The summed E-state index contributed by atoms with van der Waals surface area (Å²) in [5.74, 6) is -0.202. The summed E-state index contributed by atoms with van der Waals surface area (Å²) in [6, 6.07) is 10.5. The molecule has 15 heavy (non-hydrogen) atoms. The zero-order chi connectivity index (χ0) is 9.80. The number of benzene rings is 1. The molecule has 0 bridgehead atoms. The van der Waals surface area contributed by atoms with Gasteiger partial charge in [0.2, 0.25) is 0 Å². The molecular weight excluding hydrogens is 233 g/mol. The molecule has 0 saturated carbocycles. The monoisotopic (exact) mass is 243 g/mol. The lowest BCUT2D eigenvalue weighted by molar-refractivity contribution is 0.628. The predicted molar refractivity (Wildman–Crippen MR) is 65.3 cm³/mol. The molecule has 1 aromatic heterocycles. The Kier molecular flexibility index (Phi) is 4.59. The second-order valence-corrected chi connectivity index (χ2v) is 3.97. The van der Waals surface area contributed by atoms with E-state index in [0.717, 1.165) is 12.2 Å². The average Bonchev–Trinajstić information content (AvgIpc) is 2.70. The maximum absolute atomic E-state index is 12.6. The van der Waals surface area contributed by atoms with Gasteiger partial charge in [0.25, 0.3) is 0 Å². The van der Waals surface area contributed by atoms with Gasteiger partial charge in [0.1, 0.15) is 5.82 Å². The predicted octanol–water partition coefficient (Wildman–Crippen LogP) is 3.92. The van der Waals surface area contributed by atoms with Crippen molar-refractivity contribution >= 4 is 29.4 Å². The van der Waals surface area contributed by atoms with E-state index in [0.29, 0.717) is 0 Å². The molecule has 1 aromatic carbocycles. The van der Waals surface area contributed by atoms with Crippen LogP contribution in [0, 0.1) is 5.82 Å². The third-order valence-corrected chi connectivity index (χ3v) is 2.77. The van der Waals surface area contributed by atoms with Crippen LogP contribution < -0.4 is 5.32 Å². The standard InChI is InChI=1S/C11H10FNS.ClH/c12-9-3-5-10(6-4-9)13-8-11-2-1-7-14-11;/h1-7,13H,8H2;1H. The quantitative estimate of drug-likeness (QED) is 0.862. The average molecular weight is 244 g/mol. The number of thiophene rings is 1. The van der Waals surface area contributed by atoms with Gasteiger partial charge in [-0.05, 0) is 35.7 Å². The van der Waals surface area contributed by atoms with Crippen molar-refractivity contribution in [3.63, 3.8) is 0 Å². The van der Waals surface area contributed by atoms with E-state index in [-0.39, 0.29) is 18.2 Å². The first-order chi connectivity index (χ1) is 6.84. The van der Waals surface area contributed by atoms with Gasteiger partial charge in [-0.2, -0.15) is 0 Å². The van der Waals surface area contributed by atoms with Crippen molar-refractivity contribution < 1.29 is 4.39 Å². The Labute approximate surface area is 98.4 Å². The van der Waals surface area contributed by atoms with Gasteiger partial charge in [0.05, 0.1) is 0 Å². The Balaban J connectivity index is 0.00000112. The van der Waals surface area contributed by atoms with Gasteiger partial charge in [-0.3, -0.25) is 0 Å².